The number of rotatable bonds is 4. The summed E-state index contributed by atoms with van der Waals surface area (Å²) in [5.74, 6) is -0.422. The Hall–Kier alpha value is -2.45. The van der Waals surface area contributed by atoms with Gasteiger partial charge >= 0.3 is 0 Å². The first-order valence-electron chi connectivity index (χ1n) is 7.98. The van der Waals surface area contributed by atoms with Crippen LogP contribution in [0.4, 0.5) is 5.69 Å². The van der Waals surface area contributed by atoms with Gasteiger partial charge in [-0.2, -0.15) is 0 Å². The summed E-state index contributed by atoms with van der Waals surface area (Å²) in [4.78, 5) is 12.3. The lowest BCUT2D eigenvalue weighted by Crippen LogP contribution is -2.44. The zero-order valence-corrected chi connectivity index (χ0v) is 16.4. The number of amides is 1. The van der Waals surface area contributed by atoms with Crippen molar-refractivity contribution in [3.05, 3.63) is 59.2 Å². The second-order valence-corrected chi connectivity index (χ2v) is 8.22. The van der Waals surface area contributed by atoms with Gasteiger partial charge in [-0.15, -0.1) is 0 Å². The van der Waals surface area contributed by atoms with E-state index in [1.54, 1.807) is 0 Å². The van der Waals surface area contributed by atoms with Gasteiger partial charge in [0.15, 0.2) is 14.9 Å². The van der Waals surface area contributed by atoms with Crippen molar-refractivity contribution in [3.63, 3.8) is 0 Å². The summed E-state index contributed by atoms with van der Waals surface area (Å²) in [6.45, 7) is 4.03. The zero-order valence-electron chi connectivity index (χ0n) is 14.8. The Morgan fingerprint density at radius 2 is 1.73 bits per heavy atom. The molecular formula is C18H21N3O3S2. The normalized spacial score (nSPS) is 10.9. The van der Waals surface area contributed by atoms with E-state index in [0.717, 1.165) is 29.5 Å². The molecule has 2 rings (SSSR count). The van der Waals surface area contributed by atoms with Crippen LogP contribution in [0.3, 0.4) is 0 Å². The van der Waals surface area contributed by atoms with E-state index >= 15 is 0 Å². The highest BCUT2D eigenvalue weighted by atomic mass is 32.2. The highest BCUT2D eigenvalue weighted by molar-refractivity contribution is 7.90. The van der Waals surface area contributed by atoms with Crippen LogP contribution in [-0.2, 0) is 16.3 Å². The monoisotopic (exact) mass is 391 g/mol. The first kappa shape index (κ1) is 19.9. The molecule has 0 aliphatic heterocycles. The molecule has 3 N–H and O–H groups in total. The van der Waals surface area contributed by atoms with Crippen molar-refractivity contribution in [1.82, 2.24) is 10.9 Å². The minimum absolute atomic E-state index is 0.158. The van der Waals surface area contributed by atoms with Gasteiger partial charge in [0.2, 0.25) is 0 Å². The number of hydrazine groups is 1. The third-order valence-electron chi connectivity index (χ3n) is 3.81. The maximum atomic E-state index is 12.1. The third-order valence-corrected chi connectivity index (χ3v) is 5.15. The van der Waals surface area contributed by atoms with Crippen molar-refractivity contribution in [1.29, 1.82) is 0 Å². The predicted molar refractivity (Wildman–Crippen MR) is 107 cm³/mol. The summed E-state index contributed by atoms with van der Waals surface area (Å²) < 4.78 is 22.9. The maximum Gasteiger partial charge on any atom is 0.269 e. The molecule has 2 aromatic carbocycles. The fourth-order valence-electron chi connectivity index (χ4n) is 2.39. The van der Waals surface area contributed by atoms with Crippen LogP contribution in [0.2, 0.25) is 0 Å². The summed E-state index contributed by atoms with van der Waals surface area (Å²) in [7, 11) is -3.29. The number of para-hydroxylation sites is 1. The molecule has 0 aliphatic rings. The predicted octanol–water partition coefficient (Wildman–Crippen LogP) is 2.59. The molecule has 0 radical (unpaired) electrons. The van der Waals surface area contributed by atoms with Crippen LogP contribution >= 0.6 is 12.2 Å². The minimum Gasteiger partial charge on any atom is -0.331 e. The highest BCUT2D eigenvalue weighted by Gasteiger charge is 2.11. The Balaban J connectivity index is 1.98. The molecule has 0 bridgehead atoms. The molecule has 0 spiro atoms. The largest absolute Gasteiger partial charge is 0.331 e. The number of carbonyl (C=O) groups excluding carboxylic acids is 1. The third kappa shape index (κ3) is 5.03. The summed E-state index contributed by atoms with van der Waals surface area (Å²) >= 11 is 5.22. The molecule has 2 aromatic rings. The van der Waals surface area contributed by atoms with Crippen LogP contribution in [0.5, 0.6) is 0 Å². The van der Waals surface area contributed by atoms with E-state index in [0.29, 0.717) is 5.56 Å². The second kappa shape index (κ2) is 8.29. The molecular weight excluding hydrogens is 370 g/mol. The SMILES string of the molecule is CCc1cccc(C)c1NC(=S)NNC(=O)c1ccc(S(C)(=O)=O)cc1. The van der Waals surface area contributed by atoms with Gasteiger partial charge in [-0.25, -0.2) is 8.42 Å². The van der Waals surface area contributed by atoms with E-state index in [1.807, 2.05) is 25.1 Å². The van der Waals surface area contributed by atoms with Crippen LogP contribution in [0.15, 0.2) is 47.4 Å². The van der Waals surface area contributed by atoms with Gasteiger partial charge < -0.3 is 5.32 Å². The number of benzene rings is 2. The van der Waals surface area contributed by atoms with E-state index in [4.69, 9.17) is 12.2 Å². The molecule has 138 valence electrons. The summed E-state index contributed by atoms with van der Waals surface area (Å²) in [6.07, 6.45) is 1.97. The lowest BCUT2D eigenvalue weighted by molar-refractivity contribution is 0.0944. The Labute approximate surface area is 158 Å². The van der Waals surface area contributed by atoms with E-state index < -0.39 is 15.7 Å². The van der Waals surface area contributed by atoms with Crippen molar-refractivity contribution < 1.29 is 13.2 Å². The number of anilines is 1. The van der Waals surface area contributed by atoms with Crippen molar-refractivity contribution in [2.24, 2.45) is 0 Å². The first-order valence-corrected chi connectivity index (χ1v) is 10.3. The lowest BCUT2D eigenvalue weighted by atomic mass is 10.1. The Bertz CT molecular complexity index is 923. The average molecular weight is 392 g/mol. The molecule has 1 amide bonds. The smallest absolute Gasteiger partial charge is 0.269 e. The molecule has 0 aliphatic carbocycles. The molecule has 0 aromatic heterocycles. The van der Waals surface area contributed by atoms with E-state index in [9.17, 15) is 13.2 Å². The van der Waals surface area contributed by atoms with Crippen molar-refractivity contribution in [3.8, 4) is 0 Å². The minimum atomic E-state index is -3.29. The summed E-state index contributed by atoms with van der Waals surface area (Å²) in [5, 5.41) is 3.35. The summed E-state index contributed by atoms with van der Waals surface area (Å²) in [5.41, 5.74) is 8.55. The topological polar surface area (TPSA) is 87.3 Å². The van der Waals surface area contributed by atoms with Crippen molar-refractivity contribution in [2.45, 2.75) is 25.2 Å². The number of sulfone groups is 1. The number of hydrogen-bond donors (Lipinski definition) is 3. The van der Waals surface area contributed by atoms with E-state index in [2.05, 4.69) is 23.1 Å². The average Bonchev–Trinajstić information content (AvgIpc) is 2.60. The van der Waals surface area contributed by atoms with Crippen LogP contribution in [0.25, 0.3) is 0 Å². The van der Waals surface area contributed by atoms with Gasteiger partial charge in [-0.3, -0.25) is 15.6 Å². The van der Waals surface area contributed by atoms with Gasteiger partial charge in [-0.1, -0.05) is 25.1 Å². The zero-order chi connectivity index (χ0) is 19.3. The molecule has 6 nitrogen and oxygen atoms in total. The number of hydrogen-bond acceptors (Lipinski definition) is 4. The molecule has 0 heterocycles. The standard InChI is InChI=1S/C18H21N3O3S2/c1-4-13-7-5-6-12(2)16(13)19-18(25)21-20-17(22)14-8-10-15(11-9-14)26(3,23)24/h5-11H,4H2,1-3H3,(H,20,22)(H2,19,21,25). The summed E-state index contributed by atoms with van der Waals surface area (Å²) in [6, 6.07) is 11.6. The molecule has 0 atom stereocenters. The van der Waals surface area contributed by atoms with E-state index in [1.165, 1.54) is 24.3 Å². The molecule has 0 fully saturated rings. The molecule has 8 heteroatoms. The lowest BCUT2D eigenvalue weighted by Gasteiger charge is -2.16. The second-order valence-electron chi connectivity index (χ2n) is 5.79. The highest BCUT2D eigenvalue weighted by Crippen LogP contribution is 2.20. The molecule has 26 heavy (non-hydrogen) atoms. The van der Waals surface area contributed by atoms with Crippen LogP contribution in [-0.4, -0.2) is 25.7 Å². The molecule has 0 unspecified atom stereocenters. The van der Waals surface area contributed by atoms with Crippen LogP contribution in [0.1, 0.15) is 28.4 Å². The van der Waals surface area contributed by atoms with Gasteiger partial charge in [0.25, 0.3) is 5.91 Å². The maximum absolute atomic E-state index is 12.1. The fraction of sp³-hybridized carbons (Fsp3) is 0.222. The Morgan fingerprint density at radius 3 is 2.31 bits per heavy atom. The van der Waals surface area contributed by atoms with Gasteiger partial charge in [0, 0.05) is 17.5 Å². The van der Waals surface area contributed by atoms with Gasteiger partial charge in [0.05, 0.1) is 4.90 Å². The fourth-order valence-corrected chi connectivity index (χ4v) is 3.17. The number of aryl methyl sites for hydroxylation is 2. The van der Waals surface area contributed by atoms with Crippen molar-refractivity contribution >= 4 is 38.8 Å². The van der Waals surface area contributed by atoms with Crippen LogP contribution < -0.4 is 16.2 Å². The molecule has 0 saturated heterocycles. The molecule has 0 saturated carbocycles. The van der Waals surface area contributed by atoms with Crippen LogP contribution in [0, 0.1) is 6.92 Å². The number of nitrogens with one attached hydrogen (secondary N) is 3. The van der Waals surface area contributed by atoms with Gasteiger partial charge in [-0.05, 0) is 61.0 Å². The Kier molecular flexibility index (Phi) is 6.33. The quantitative estimate of drug-likeness (QED) is 0.549. The van der Waals surface area contributed by atoms with E-state index in [-0.39, 0.29) is 10.0 Å². The Morgan fingerprint density at radius 1 is 1.08 bits per heavy atom. The first-order chi connectivity index (χ1) is 12.2. The van der Waals surface area contributed by atoms with Gasteiger partial charge in [0.1, 0.15) is 0 Å². The van der Waals surface area contributed by atoms with Crippen molar-refractivity contribution in [2.75, 3.05) is 11.6 Å². The number of thiocarbonyl (C=S) groups is 1. The number of carbonyl (C=O) groups is 1.